The zero-order chi connectivity index (χ0) is 15.3. The first-order chi connectivity index (χ1) is 9.36. The molecule has 0 unspecified atom stereocenters. The number of non-ortho nitro benzene ring substituents is 1. The second kappa shape index (κ2) is 6.71. The zero-order valence-corrected chi connectivity index (χ0v) is 11.1. The van der Waals surface area contributed by atoms with Gasteiger partial charge in [0.15, 0.2) is 0 Å². The van der Waals surface area contributed by atoms with Crippen molar-refractivity contribution >= 4 is 34.9 Å². The van der Waals surface area contributed by atoms with E-state index in [1.165, 1.54) is 0 Å². The molecule has 9 heteroatoms. The number of nitrogens with zero attached hydrogens (tertiary/aromatic N) is 1. The molecule has 8 nitrogen and oxygen atoms in total. The number of benzene rings is 1. The SMILES string of the molecule is COC(=O)c1cc([N+](=O)[O-])cc(Cl)c1NCCC(=O)O. The molecule has 20 heavy (non-hydrogen) atoms. The molecular formula is C11H11ClN2O6. The van der Waals surface area contributed by atoms with Crippen LogP contribution in [0.2, 0.25) is 5.02 Å². The molecule has 0 aliphatic carbocycles. The Morgan fingerprint density at radius 3 is 2.65 bits per heavy atom. The molecule has 0 bridgehead atoms. The fourth-order valence-electron chi connectivity index (χ4n) is 1.44. The van der Waals surface area contributed by atoms with E-state index in [0.717, 1.165) is 19.2 Å². The van der Waals surface area contributed by atoms with Crippen molar-refractivity contribution < 1.29 is 24.4 Å². The molecule has 0 aliphatic heterocycles. The van der Waals surface area contributed by atoms with Crippen molar-refractivity contribution in [1.29, 1.82) is 0 Å². The third-order valence-corrected chi connectivity index (χ3v) is 2.63. The Kier molecular flexibility index (Phi) is 5.27. The summed E-state index contributed by atoms with van der Waals surface area (Å²) in [6, 6.07) is 2.08. The van der Waals surface area contributed by atoms with Crippen LogP contribution in [0.5, 0.6) is 0 Å². The number of hydrogen-bond donors (Lipinski definition) is 2. The molecule has 0 aliphatic rings. The van der Waals surface area contributed by atoms with Gasteiger partial charge in [-0.1, -0.05) is 11.6 Å². The van der Waals surface area contributed by atoms with Crippen LogP contribution in [-0.4, -0.2) is 35.6 Å². The summed E-state index contributed by atoms with van der Waals surface area (Å²) in [6.45, 7) is 0.0108. The highest BCUT2D eigenvalue weighted by molar-refractivity contribution is 6.34. The molecule has 0 amide bonds. The lowest BCUT2D eigenvalue weighted by molar-refractivity contribution is -0.384. The number of esters is 1. The van der Waals surface area contributed by atoms with E-state index in [1.54, 1.807) is 0 Å². The van der Waals surface area contributed by atoms with Gasteiger partial charge in [-0.2, -0.15) is 0 Å². The normalized spacial score (nSPS) is 9.90. The molecule has 0 atom stereocenters. The predicted molar refractivity (Wildman–Crippen MR) is 70.2 cm³/mol. The number of ether oxygens (including phenoxy) is 1. The number of hydrogen-bond acceptors (Lipinski definition) is 6. The predicted octanol–water partition coefficient (Wildman–Crippen LogP) is 1.92. The molecule has 0 fully saturated rings. The lowest BCUT2D eigenvalue weighted by Crippen LogP contribution is -2.13. The third-order valence-electron chi connectivity index (χ3n) is 2.33. The van der Waals surface area contributed by atoms with Crippen LogP contribution in [0.1, 0.15) is 16.8 Å². The average molecular weight is 303 g/mol. The van der Waals surface area contributed by atoms with Gasteiger partial charge in [0.25, 0.3) is 5.69 Å². The van der Waals surface area contributed by atoms with Crippen molar-refractivity contribution in [3.63, 3.8) is 0 Å². The number of rotatable bonds is 6. The quantitative estimate of drug-likeness (QED) is 0.468. The Morgan fingerprint density at radius 1 is 1.50 bits per heavy atom. The van der Waals surface area contributed by atoms with Gasteiger partial charge in [0.2, 0.25) is 0 Å². The molecule has 0 heterocycles. The number of methoxy groups -OCH3 is 1. The van der Waals surface area contributed by atoms with Crippen molar-refractivity contribution in [1.82, 2.24) is 0 Å². The average Bonchev–Trinajstić information content (AvgIpc) is 2.38. The number of nitrogens with one attached hydrogen (secondary N) is 1. The van der Waals surface area contributed by atoms with Crippen LogP contribution in [0.4, 0.5) is 11.4 Å². The van der Waals surface area contributed by atoms with E-state index in [1.807, 2.05) is 0 Å². The van der Waals surface area contributed by atoms with E-state index in [0.29, 0.717) is 0 Å². The van der Waals surface area contributed by atoms with Crippen LogP contribution in [0.15, 0.2) is 12.1 Å². The summed E-state index contributed by atoms with van der Waals surface area (Å²) in [5.74, 6) is -1.84. The Hall–Kier alpha value is -2.35. The maximum Gasteiger partial charge on any atom is 0.340 e. The van der Waals surface area contributed by atoms with Gasteiger partial charge in [-0.3, -0.25) is 14.9 Å². The Bertz CT molecular complexity index is 560. The van der Waals surface area contributed by atoms with E-state index in [-0.39, 0.29) is 34.9 Å². The molecule has 1 aromatic carbocycles. The van der Waals surface area contributed by atoms with Crippen LogP contribution in [0, 0.1) is 10.1 Å². The van der Waals surface area contributed by atoms with Crippen LogP contribution in [0.3, 0.4) is 0 Å². The van der Waals surface area contributed by atoms with Gasteiger partial charge in [-0.25, -0.2) is 4.79 Å². The van der Waals surface area contributed by atoms with Gasteiger partial charge in [-0.05, 0) is 0 Å². The summed E-state index contributed by atoms with van der Waals surface area (Å²) in [4.78, 5) is 32.1. The molecule has 0 radical (unpaired) electrons. The monoisotopic (exact) mass is 302 g/mol. The Labute approximate surface area is 118 Å². The standard InChI is InChI=1S/C11H11ClN2O6/c1-20-11(17)7-4-6(14(18)19)5-8(12)10(7)13-3-2-9(15)16/h4-5,13H,2-3H2,1H3,(H,15,16). The second-order valence-corrected chi connectivity index (χ2v) is 4.08. The summed E-state index contributed by atoms with van der Waals surface area (Å²) < 4.78 is 4.52. The largest absolute Gasteiger partial charge is 0.481 e. The molecule has 2 N–H and O–H groups in total. The molecule has 0 aromatic heterocycles. The molecule has 108 valence electrons. The van der Waals surface area contributed by atoms with Crippen molar-refractivity contribution in [2.45, 2.75) is 6.42 Å². The molecule has 1 rings (SSSR count). The van der Waals surface area contributed by atoms with E-state index in [2.05, 4.69) is 10.1 Å². The topological polar surface area (TPSA) is 119 Å². The minimum atomic E-state index is -1.03. The number of carbonyl (C=O) groups excluding carboxylic acids is 1. The number of carboxylic acid groups (broad SMARTS) is 1. The first-order valence-corrected chi connectivity index (χ1v) is 5.76. The van der Waals surface area contributed by atoms with E-state index in [4.69, 9.17) is 16.7 Å². The highest BCUT2D eigenvalue weighted by atomic mass is 35.5. The first kappa shape index (κ1) is 15.7. The number of carbonyl (C=O) groups is 2. The van der Waals surface area contributed by atoms with E-state index >= 15 is 0 Å². The van der Waals surface area contributed by atoms with Gasteiger partial charge in [0, 0.05) is 18.7 Å². The first-order valence-electron chi connectivity index (χ1n) is 5.38. The van der Waals surface area contributed by atoms with Crippen molar-refractivity contribution in [3.8, 4) is 0 Å². The lowest BCUT2D eigenvalue weighted by Gasteiger charge is -2.11. The number of nitro groups is 1. The van der Waals surface area contributed by atoms with E-state index < -0.39 is 16.9 Å². The smallest absolute Gasteiger partial charge is 0.340 e. The van der Waals surface area contributed by atoms with Crippen LogP contribution in [0.25, 0.3) is 0 Å². The summed E-state index contributed by atoms with van der Waals surface area (Å²) in [5, 5.41) is 21.9. The summed E-state index contributed by atoms with van der Waals surface area (Å²) in [6.07, 6.45) is -0.200. The molecule has 0 saturated heterocycles. The molecule has 0 spiro atoms. The van der Waals surface area contributed by atoms with Crippen LogP contribution in [-0.2, 0) is 9.53 Å². The number of aliphatic carboxylic acids is 1. The van der Waals surface area contributed by atoms with Crippen molar-refractivity contribution in [2.75, 3.05) is 19.0 Å². The number of anilines is 1. The highest BCUT2D eigenvalue weighted by Crippen LogP contribution is 2.31. The van der Waals surface area contributed by atoms with Crippen LogP contribution >= 0.6 is 11.6 Å². The minimum Gasteiger partial charge on any atom is -0.481 e. The van der Waals surface area contributed by atoms with Gasteiger partial charge in [0.1, 0.15) is 0 Å². The number of nitro benzene ring substituents is 1. The van der Waals surface area contributed by atoms with Gasteiger partial charge in [-0.15, -0.1) is 0 Å². The maximum absolute atomic E-state index is 11.6. The number of halogens is 1. The minimum absolute atomic E-state index is 0.0108. The molecular weight excluding hydrogens is 292 g/mol. The fraction of sp³-hybridized carbons (Fsp3) is 0.273. The third kappa shape index (κ3) is 3.82. The zero-order valence-electron chi connectivity index (χ0n) is 10.4. The second-order valence-electron chi connectivity index (χ2n) is 3.67. The number of carboxylic acids is 1. The summed E-state index contributed by atoms with van der Waals surface area (Å²) in [5.41, 5.74) is -0.387. The van der Waals surface area contributed by atoms with Crippen molar-refractivity contribution in [3.05, 3.63) is 32.8 Å². The molecule has 1 aromatic rings. The maximum atomic E-state index is 11.6. The highest BCUT2D eigenvalue weighted by Gasteiger charge is 2.21. The van der Waals surface area contributed by atoms with Gasteiger partial charge in [0.05, 0.1) is 34.7 Å². The summed E-state index contributed by atoms with van der Waals surface area (Å²) >= 11 is 5.87. The van der Waals surface area contributed by atoms with Gasteiger partial charge < -0.3 is 15.2 Å². The lowest BCUT2D eigenvalue weighted by atomic mass is 10.1. The Morgan fingerprint density at radius 2 is 2.15 bits per heavy atom. The Balaban J connectivity index is 3.16. The summed E-state index contributed by atoms with van der Waals surface area (Å²) in [7, 11) is 1.12. The van der Waals surface area contributed by atoms with Crippen molar-refractivity contribution in [2.24, 2.45) is 0 Å². The fourth-order valence-corrected chi connectivity index (χ4v) is 1.72. The molecule has 0 saturated carbocycles. The van der Waals surface area contributed by atoms with Crippen LogP contribution < -0.4 is 5.32 Å². The van der Waals surface area contributed by atoms with Gasteiger partial charge >= 0.3 is 11.9 Å². The van der Waals surface area contributed by atoms with E-state index in [9.17, 15) is 19.7 Å².